The normalized spacial score (nSPS) is 12.1. The third-order valence-electron chi connectivity index (χ3n) is 5.35. The number of halogens is 2. The van der Waals surface area contributed by atoms with E-state index in [1.807, 2.05) is 31.2 Å². The summed E-state index contributed by atoms with van der Waals surface area (Å²) in [5, 5.41) is 3.49. The highest BCUT2D eigenvalue weighted by Gasteiger charge is 2.27. The molecule has 0 saturated heterocycles. The minimum absolute atomic E-state index is 0.00699. The second-order valence-corrected chi connectivity index (χ2v) is 11.1. The van der Waals surface area contributed by atoms with Gasteiger partial charge in [0.05, 0.1) is 44.3 Å². The number of hydrogen-bond acceptors (Lipinski definition) is 5. The van der Waals surface area contributed by atoms with Crippen molar-refractivity contribution in [2.24, 2.45) is 0 Å². The van der Waals surface area contributed by atoms with Gasteiger partial charge in [0.1, 0.15) is 0 Å². The molecule has 0 aliphatic heterocycles. The fraction of sp³-hybridized carbons (Fsp3) is 0.240. The fourth-order valence-electron chi connectivity index (χ4n) is 3.53. The zero-order chi connectivity index (χ0) is 25.8. The van der Waals surface area contributed by atoms with Crippen molar-refractivity contribution in [3.05, 3.63) is 86.8 Å². The van der Waals surface area contributed by atoms with Gasteiger partial charge in [0.2, 0.25) is 10.0 Å². The molecule has 0 aliphatic rings. The van der Waals surface area contributed by atoms with Crippen molar-refractivity contribution in [1.82, 2.24) is 5.32 Å². The van der Waals surface area contributed by atoms with Gasteiger partial charge in [0.25, 0.3) is 5.91 Å². The van der Waals surface area contributed by atoms with Gasteiger partial charge < -0.3 is 14.8 Å². The molecule has 0 saturated carbocycles. The Morgan fingerprint density at radius 3 is 2.26 bits per heavy atom. The number of anilines is 1. The van der Waals surface area contributed by atoms with E-state index in [1.54, 1.807) is 24.3 Å². The van der Waals surface area contributed by atoms with Gasteiger partial charge in [-0.1, -0.05) is 51.8 Å². The van der Waals surface area contributed by atoms with Crippen molar-refractivity contribution in [2.75, 3.05) is 24.8 Å². The third-order valence-corrected chi connectivity index (χ3v) is 7.22. The van der Waals surface area contributed by atoms with Crippen molar-refractivity contribution in [1.29, 1.82) is 0 Å². The molecule has 0 fully saturated rings. The van der Waals surface area contributed by atoms with Gasteiger partial charge in [-0.2, -0.15) is 0 Å². The number of rotatable bonds is 9. The first-order chi connectivity index (χ1) is 16.5. The van der Waals surface area contributed by atoms with E-state index in [9.17, 15) is 13.2 Å². The maximum absolute atomic E-state index is 13.5. The number of carbonyl (C=O) groups is 1. The lowest BCUT2D eigenvalue weighted by molar-refractivity contribution is 0.0940. The number of ether oxygens (including phenoxy) is 2. The first-order valence-corrected chi connectivity index (χ1v) is 13.6. The molecule has 0 unspecified atom stereocenters. The van der Waals surface area contributed by atoms with Crippen LogP contribution in [0.5, 0.6) is 11.5 Å². The SMILES string of the molecule is COc1cc(C(=O)N[C@@H](C)c2cccc(Br)c2)c(N(Cc2ccc(Cl)cc2)S(C)(=O)=O)cc1OC. The first kappa shape index (κ1) is 26.8. The highest BCUT2D eigenvalue weighted by atomic mass is 79.9. The second-order valence-electron chi connectivity index (χ2n) is 7.87. The number of benzene rings is 3. The number of nitrogens with one attached hydrogen (secondary N) is 1. The largest absolute Gasteiger partial charge is 0.493 e. The summed E-state index contributed by atoms with van der Waals surface area (Å²) in [5.74, 6) is 0.137. The van der Waals surface area contributed by atoms with Crippen LogP contribution < -0.4 is 19.1 Å². The summed E-state index contributed by atoms with van der Waals surface area (Å²) in [6, 6.07) is 17.0. The molecule has 7 nitrogen and oxygen atoms in total. The number of nitrogens with zero attached hydrogens (tertiary/aromatic N) is 1. The Bertz CT molecular complexity index is 1320. The monoisotopic (exact) mass is 580 g/mol. The van der Waals surface area contributed by atoms with E-state index in [4.69, 9.17) is 21.1 Å². The summed E-state index contributed by atoms with van der Waals surface area (Å²) >= 11 is 9.43. The summed E-state index contributed by atoms with van der Waals surface area (Å²) in [6.45, 7) is 1.84. The van der Waals surface area contributed by atoms with Crippen molar-refractivity contribution >= 4 is 49.1 Å². The Balaban J connectivity index is 2.08. The molecule has 0 bridgehead atoms. The standard InChI is InChI=1S/C25H26BrClN2O5S/c1-16(18-6-5-7-19(26)12-18)28-25(30)21-13-23(33-2)24(34-3)14-22(21)29(35(4,31)32)15-17-8-10-20(27)11-9-17/h5-14,16H,15H2,1-4H3,(H,28,30)/t16-/m0/s1. The van der Waals surface area contributed by atoms with Crippen LogP contribution in [0.1, 0.15) is 34.5 Å². The average molecular weight is 582 g/mol. The van der Waals surface area contributed by atoms with Crippen LogP contribution >= 0.6 is 27.5 Å². The molecule has 35 heavy (non-hydrogen) atoms. The summed E-state index contributed by atoms with van der Waals surface area (Å²) in [5.41, 5.74) is 1.88. The molecule has 0 aromatic heterocycles. The van der Waals surface area contributed by atoms with Crippen molar-refractivity contribution in [3.8, 4) is 11.5 Å². The summed E-state index contributed by atoms with van der Waals surface area (Å²) in [6.07, 6.45) is 1.09. The smallest absolute Gasteiger partial charge is 0.254 e. The highest BCUT2D eigenvalue weighted by molar-refractivity contribution is 9.10. The Hall–Kier alpha value is -2.75. The van der Waals surface area contributed by atoms with Crippen LogP contribution in [-0.4, -0.2) is 34.8 Å². The van der Waals surface area contributed by atoms with E-state index < -0.39 is 15.9 Å². The van der Waals surface area contributed by atoms with E-state index in [1.165, 1.54) is 26.4 Å². The maximum Gasteiger partial charge on any atom is 0.254 e. The lowest BCUT2D eigenvalue weighted by Crippen LogP contribution is -2.33. The maximum atomic E-state index is 13.5. The van der Waals surface area contributed by atoms with Gasteiger partial charge in [-0.3, -0.25) is 9.10 Å². The van der Waals surface area contributed by atoms with Gasteiger partial charge >= 0.3 is 0 Å². The van der Waals surface area contributed by atoms with E-state index in [-0.39, 0.29) is 23.8 Å². The Morgan fingerprint density at radius 1 is 1.06 bits per heavy atom. The zero-order valence-corrected chi connectivity index (χ0v) is 22.9. The molecule has 1 atom stereocenters. The summed E-state index contributed by atoms with van der Waals surface area (Å²) in [7, 11) is -0.900. The lowest BCUT2D eigenvalue weighted by atomic mass is 10.1. The molecule has 1 N–H and O–H groups in total. The summed E-state index contributed by atoms with van der Waals surface area (Å²) < 4.78 is 38.6. The van der Waals surface area contributed by atoms with Gasteiger partial charge in [-0.25, -0.2) is 8.42 Å². The van der Waals surface area contributed by atoms with Gasteiger partial charge in [-0.05, 0) is 48.4 Å². The highest BCUT2D eigenvalue weighted by Crippen LogP contribution is 2.37. The molecule has 3 aromatic rings. The first-order valence-electron chi connectivity index (χ1n) is 10.6. The van der Waals surface area contributed by atoms with Gasteiger partial charge in [-0.15, -0.1) is 0 Å². The van der Waals surface area contributed by atoms with E-state index in [2.05, 4.69) is 21.2 Å². The molecule has 1 amide bonds. The van der Waals surface area contributed by atoms with Crippen LogP contribution in [0.4, 0.5) is 5.69 Å². The lowest BCUT2D eigenvalue weighted by Gasteiger charge is -2.26. The molecule has 0 heterocycles. The molecular weight excluding hydrogens is 556 g/mol. The number of sulfonamides is 1. The Labute approximate surface area is 219 Å². The molecule has 3 aromatic carbocycles. The molecule has 0 aliphatic carbocycles. The zero-order valence-electron chi connectivity index (χ0n) is 19.7. The van der Waals surface area contributed by atoms with Gasteiger partial charge in [0.15, 0.2) is 11.5 Å². The molecule has 10 heteroatoms. The van der Waals surface area contributed by atoms with E-state index in [0.717, 1.165) is 20.6 Å². The number of carbonyl (C=O) groups excluding carboxylic acids is 1. The number of amides is 1. The van der Waals surface area contributed by atoms with Crippen LogP contribution in [0.15, 0.2) is 65.1 Å². The van der Waals surface area contributed by atoms with Crippen molar-refractivity contribution < 1.29 is 22.7 Å². The van der Waals surface area contributed by atoms with Crippen LogP contribution in [0, 0.1) is 0 Å². The van der Waals surface area contributed by atoms with E-state index in [0.29, 0.717) is 22.1 Å². The molecule has 0 spiro atoms. The van der Waals surface area contributed by atoms with Crippen molar-refractivity contribution in [3.63, 3.8) is 0 Å². The fourth-order valence-corrected chi connectivity index (χ4v) is 4.96. The minimum Gasteiger partial charge on any atom is -0.493 e. The van der Waals surface area contributed by atoms with Crippen LogP contribution in [0.2, 0.25) is 5.02 Å². The number of methoxy groups -OCH3 is 2. The predicted molar refractivity (Wildman–Crippen MR) is 142 cm³/mol. The molecule has 186 valence electrons. The topological polar surface area (TPSA) is 84.9 Å². The minimum atomic E-state index is -3.80. The average Bonchev–Trinajstić information content (AvgIpc) is 2.82. The Morgan fingerprint density at radius 2 is 1.69 bits per heavy atom. The molecular formula is C25H26BrClN2O5S. The number of hydrogen-bond donors (Lipinski definition) is 1. The molecule has 3 rings (SSSR count). The van der Waals surface area contributed by atoms with Crippen molar-refractivity contribution in [2.45, 2.75) is 19.5 Å². The predicted octanol–water partition coefficient (Wildman–Crippen LogP) is 5.58. The van der Waals surface area contributed by atoms with Gasteiger partial charge in [0, 0.05) is 15.6 Å². The van der Waals surface area contributed by atoms with E-state index >= 15 is 0 Å². The van der Waals surface area contributed by atoms with Crippen LogP contribution in [0.3, 0.4) is 0 Å². The van der Waals surface area contributed by atoms with Crippen LogP contribution in [-0.2, 0) is 16.6 Å². The second kappa shape index (κ2) is 11.3. The van der Waals surface area contributed by atoms with Crippen LogP contribution in [0.25, 0.3) is 0 Å². The third kappa shape index (κ3) is 6.68. The Kier molecular flexibility index (Phi) is 8.69. The summed E-state index contributed by atoms with van der Waals surface area (Å²) in [4.78, 5) is 13.5. The molecule has 0 radical (unpaired) electrons. The quantitative estimate of drug-likeness (QED) is 0.357.